The third-order valence-corrected chi connectivity index (χ3v) is 1.97. The molecule has 0 unspecified atom stereocenters. The van der Waals surface area contributed by atoms with Crippen LogP contribution in [0.1, 0.15) is 6.92 Å². The Kier molecular flexibility index (Phi) is 4.11. The van der Waals surface area contributed by atoms with Gasteiger partial charge in [-0.15, -0.1) is 0 Å². The first-order valence-corrected chi connectivity index (χ1v) is 4.72. The molecule has 0 saturated heterocycles. The zero-order valence-corrected chi connectivity index (χ0v) is 9.54. The van der Waals surface area contributed by atoms with Crippen LogP contribution in [0.3, 0.4) is 0 Å². The van der Waals surface area contributed by atoms with Crippen molar-refractivity contribution in [3.05, 3.63) is 16.6 Å². The van der Waals surface area contributed by atoms with E-state index in [1.54, 1.807) is 0 Å². The van der Waals surface area contributed by atoms with Crippen molar-refractivity contribution in [3.63, 3.8) is 0 Å². The fourth-order valence-corrected chi connectivity index (χ4v) is 1.16. The fraction of sp³-hybridized carbons (Fsp3) is 0.375. The second-order valence-corrected chi connectivity index (χ2v) is 3.27. The normalized spacial score (nSPS) is 12.0. The highest BCUT2D eigenvalue weighted by Crippen LogP contribution is 2.23. The van der Waals surface area contributed by atoms with Gasteiger partial charge in [0.05, 0.1) is 13.3 Å². The Labute approximate surface area is 96.3 Å². The average molecular weight is 251 g/mol. The summed E-state index contributed by atoms with van der Waals surface area (Å²) >= 11 is 11.2. The van der Waals surface area contributed by atoms with E-state index >= 15 is 0 Å². The van der Waals surface area contributed by atoms with Crippen molar-refractivity contribution >= 4 is 29.2 Å². The van der Waals surface area contributed by atoms with Crippen LogP contribution in [0, 0.1) is 0 Å². The number of aromatic nitrogens is 2. The Balaban J connectivity index is 2.76. The van der Waals surface area contributed by atoms with Gasteiger partial charge in [-0.3, -0.25) is 0 Å². The van der Waals surface area contributed by atoms with Crippen molar-refractivity contribution in [3.8, 4) is 5.75 Å². The predicted octanol–water partition coefficient (Wildman–Crippen LogP) is 1.72. The van der Waals surface area contributed by atoms with Crippen LogP contribution in [0.25, 0.3) is 0 Å². The molecule has 15 heavy (non-hydrogen) atoms. The number of carbonyl (C=O) groups is 1. The molecular formula is C8H8Cl2N2O3. The van der Waals surface area contributed by atoms with Crippen LogP contribution in [-0.2, 0) is 9.53 Å². The number of esters is 1. The van der Waals surface area contributed by atoms with Gasteiger partial charge in [-0.1, -0.05) is 11.6 Å². The third-order valence-electron chi connectivity index (χ3n) is 1.52. The molecule has 0 aliphatic rings. The van der Waals surface area contributed by atoms with Crippen molar-refractivity contribution in [1.29, 1.82) is 0 Å². The lowest BCUT2D eigenvalue weighted by molar-refractivity contribution is -0.147. The SMILES string of the molecule is COC(=O)[C@@H](C)Oc1cnc(Cl)nc1Cl. The molecule has 0 N–H and O–H groups in total. The summed E-state index contributed by atoms with van der Waals surface area (Å²) < 4.78 is 9.64. The third kappa shape index (κ3) is 3.21. The van der Waals surface area contributed by atoms with Gasteiger partial charge in [0, 0.05) is 0 Å². The van der Waals surface area contributed by atoms with E-state index < -0.39 is 12.1 Å². The molecule has 0 amide bonds. The fourth-order valence-electron chi connectivity index (χ4n) is 0.814. The molecule has 0 saturated carbocycles. The summed E-state index contributed by atoms with van der Waals surface area (Å²) in [5, 5.41) is 0.0591. The van der Waals surface area contributed by atoms with E-state index in [1.165, 1.54) is 20.2 Å². The van der Waals surface area contributed by atoms with Crippen LogP contribution in [0.2, 0.25) is 10.4 Å². The Morgan fingerprint density at radius 3 is 2.73 bits per heavy atom. The van der Waals surface area contributed by atoms with Crippen LogP contribution in [0.5, 0.6) is 5.75 Å². The highest BCUT2D eigenvalue weighted by molar-refractivity contribution is 6.32. The van der Waals surface area contributed by atoms with Gasteiger partial charge in [-0.2, -0.15) is 0 Å². The van der Waals surface area contributed by atoms with E-state index in [0.717, 1.165) is 0 Å². The standard InChI is InChI=1S/C8H8Cl2N2O3/c1-4(7(13)14-2)15-5-3-11-8(10)12-6(5)9/h3-4H,1-2H3/t4-/m1/s1. The van der Waals surface area contributed by atoms with Gasteiger partial charge in [0.25, 0.3) is 0 Å². The summed E-state index contributed by atoms with van der Waals surface area (Å²) in [6.45, 7) is 1.52. The Morgan fingerprint density at radius 2 is 2.20 bits per heavy atom. The van der Waals surface area contributed by atoms with Gasteiger partial charge in [0.15, 0.2) is 17.0 Å². The average Bonchev–Trinajstić information content (AvgIpc) is 2.20. The smallest absolute Gasteiger partial charge is 0.346 e. The molecule has 0 aromatic carbocycles. The van der Waals surface area contributed by atoms with Gasteiger partial charge in [0.2, 0.25) is 5.28 Å². The summed E-state index contributed by atoms with van der Waals surface area (Å²) in [7, 11) is 1.27. The molecule has 1 heterocycles. The lowest BCUT2D eigenvalue weighted by atomic mass is 10.4. The van der Waals surface area contributed by atoms with Crippen molar-refractivity contribution in [2.45, 2.75) is 13.0 Å². The number of ether oxygens (including phenoxy) is 2. The first-order valence-electron chi connectivity index (χ1n) is 3.97. The minimum absolute atomic E-state index is 0.0121. The monoisotopic (exact) mass is 250 g/mol. The summed E-state index contributed by atoms with van der Waals surface area (Å²) in [5.41, 5.74) is 0. The van der Waals surface area contributed by atoms with E-state index in [-0.39, 0.29) is 16.2 Å². The zero-order chi connectivity index (χ0) is 11.4. The number of nitrogens with zero attached hydrogens (tertiary/aromatic N) is 2. The molecule has 1 aromatic heterocycles. The van der Waals surface area contributed by atoms with Crippen LogP contribution >= 0.6 is 23.2 Å². The molecule has 1 atom stereocenters. The quantitative estimate of drug-likeness (QED) is 0.465. The largest absolute Gasteiger partial charge is 0.474 e. The maximum Gasteiger partial charge on any atom is 0.346 e. The second-order valence-electron chi connectivity index (χ2n) is 2.58. The van der Waals surface area contributed by atoms with E-state index in [9.17, 15) is 4.79 Å². The van der Waals surface area contributed by atoms with Gasteiger partial charge in [0.1, 0.15) is 0 Å². The van der Waals surface area contributed by atoms with Gasteiger partial charge in [-0.05, 0) is 18.5 Å². The molecule has 0 bridgehead atoms. The Hall–Kier alpha value is -1.07. The second kappa shape index (κ2) is 5.14. The highest BCUT2D eigenvalue weighted by Gasteiger charge is 2.17. The van der Waals surface area contributed by atoms with Gasteiger partial charge >= 0.3 is 5.97 Å². The Bertz CT molecular complexity index is 373. The number of rotatable bonds is 3. The van der Waals surface area contributed by atoms with E-state index in [0.29, 0.717) is 0 Å². The van der Waals surface area contributed by atoms with Gasteiger partial charge in [-0.25, -0.2) is 14.8 Å². The molecule has 5 nitrogen and oxygen atoms in total. The maximum absolute atomic E-state index is 11.0. The van der Waals surface area contributed by atoms with Crippen molar-refractivity contribution in [2.24, 2.45) is 0 Å². The van der Waals surface area contributed by atoms with E-state index in [2.05, 4.69) is 14.7 Å². The molecule has 82 valence electrons. The number of hydrogen-bond acceptors (Lipinski definition) is 5. The topological polar surface area (TPSA) is 61.3 Å². The van der Waals surface area contributed by atoms with E-state index in [4.69, 9.17) is 27.9 Å². The lowest BCUT2D eigenvalue weighted by Gasteiger charge is -2.12. The highest BCUT2D eigenvalue weighted by atomic mass is 35.5. The molecule has 0 aliphatic carbocycles. The summed E-state index contributed by atoms with van der Waals surface area (Å²) in [6.07, 6.45) is 0.508. The molecular weight excluding hydrogens is 243 g/mol. The minimum Gasteiger partial charge on any atom is -0.474 e. The number of methoxy groups -OCH3 is 1. The van der Waals surface area contributed by atoms with Gasteiger partial charge < -0.3 is 9.47 Å². The molecule has 1 rings (SSSR count). The summed E-state index contributed by atoms with van der Waals surface area (Å²) in [6, 6.07) is 0. The van der Waals surface area contributed by atoms with Crippen LogP contribution in [0.4, 0.5) is 0 Å². The predicted molar refractivity (Wildman–Crippen MR) is 54.2 cm³/mol. The summed E-state index contributed by atoms with van der Waals surface area (Å²) in [4.78, 5) is 18.4. The Morgan fingerprint density at radius 1 is 1.53 bits per heavy atom. The molecule has 0 spiro atoms. The first-order chi connectivity index (χ1) is 7.04. The summed E-state index contributed by atoms with van der Waals surface area (Å²) in [5.74, 6) is -0.333. The maximum atomic E-state index is 11.0. The lowest BCUT2D eigenvalue weighted by Crippen LogP contribution is -2.25. The number of halogens is 2. The molecule has 7 heteroatoms. The van der Waals surface area contributed by atoms with Crippen molar-refractivity contribution in [2.75, 3.05) is 7.11 Å². The first kappa shape index (κ1) is 12.0. The zero-order valence-electron chi connectivity index (χ0n) is 8.03. The number of carbonyl (C=O) groups excluding carboxylic acids is 1. The van der Waals surface area contributed by atoms with Crippen LogP contribution in [0.15, 0.2) is 6.20 Å². The minimum atomic E-state index is -0.780. The molecule has 0 fully saturated rings. The van der Waals surface area contributed by atoms with Crippen LogP contribution in [-0.4, -0.2) is 29.2 Å². The number of hydrogen-bond donors (Lipinski definition) is 0. The molecule has 0 aliphatic heterocycles. The van der Waals surface area contributed by atoms with Crippen molar-refractivity contribution < 1.29 is 14.3 Å². The molecule has 0 radical (unpaired) electrons. The van der Waals surface area contributed by atoms with Crippen LogP contribution < -0.4 is 4.74 Å². The van der Waals surface area contributed by atoms with E-state index in [1.807, 2.05) is 0 Å². The molecule has 1 aromatic rings. The van der Waals surface area contributed by atoms with Crippen molar-refractivity contribution in [1.82, 2.24) is 9.97 Å².